The number of benzene rings is 2. The Balaban J connectivity index is 1.56. The molecule has 4 rings (SSSR count). The highest BCUT2D eigenvalue weighted by molar-refractivity contribution is 7.16. The fourth-order valence-electron chi connectivity index (χ4n) is 3.26. The summed E-state index contributed by atoms with van der Waals surface area (Å²) < 4.78 is 1.64. The van der Waals surface area contributed by atoms with Gasteiger partial charge in [-0.2, -0.15) is 5.10 Å². The van der Waals surface area contributed by atoms with E-state index >= 15 is 0 Å². The zero-order valence-corrected chi connectivity index (χ0v) is 18.5. The molecule has 0 saturated heterocycles. The lowest BCUT2D eigenvalue weighted by Gasteiger charge is -2.04. The van der Waals surface area contributed by atoms with Crippen LogP contribution in [0.4, 0.5) is 5.13 Å². The van der Waals surface area contributed by atoms with E-state index in [0.29, 0.717) is 28.1 Å². The molecule has 2 heterocycles. The Kier molecular flexibility index (Phi) is 5.70. The first kappa shape index (κ1) is 20.3. The van der Waals surface area contributed by atoms with Crippen LogP contribution in [-0.2, 0) is 6.54 Å². The Labute approximate surface area is 184 Å². The second-order valence-corrected chi connectivity index (χ2v) is 8.70. The maximum absolute atomic E-state index is 12.9. The first-order chi connectivity index (χ1) is 14.4. The van der Waals surface area contributed by atoms with Gasteiger partial charge in [0.1, 0.15) is 5.15 Å². The molecule has 0 aliphatic rings. The van der Waals surface area contributed by atoms with E-state index < -0.39 is 0 Å². The third-order valence-corrected chi connectivity index (χ3v) is 6.08. The summed E-state index contributed by atoms with van der Waals surface area (Å²) in [5.74, 6) is -0.305. The Morgan fingerprint density at radius 3 is 2.47 bits per heavy atom. The largest absolute Gasteiger partial charge is 0.298 e. The minimum atomic E-state index is -0.305. The zero-order valence-electron chi connectivity index (χ0n) is 16.9. The molecule has 7 heteroatoms. The Bertz CT molecular complexity index is 1200. The third-order valence-electron chi connectivity index (χ3n) is 4.81. The van der Waals surface area contributed by atoms with Crippen LogP contribution in [0.1, 0.15) is 32.1 Å². The summed E-state index contributed by atoms with van der Waals surface area (Å²) in [7, 11) is 0. The lowest BCUT2D eigenvalue weighted by atomic mass is 10.1. The number of aromatic nitrogens is 3. The summed E-state index contributed by atoms with van der Waals surface area (Å²) >= 11 is 7.95. The van der Waals surface area contributed by atoms with Crippen molar-refractivity contribution < 1.29 is 4.79 Å². The first-order valence-electron chi connectivity index (χ1n) is 9.55. The molecule has 2 aromatic carbocycles. The van der Waals surface area contributed by atoms with Crippen molar-refractivity contribution in [1.82, 2.24) is 14.8 Å². The average Bonchev–Trinajstić information content (AvgIpc) is 3.21. The van der Waals surface area contributed by atoms with Gasteiger partial charge in [-0.1, -0.05) is 71.8 Å². The van der Waals surface area contributed by atoms with Crippen LogP contribution in [0.3, 0.4) is 0 Å². The monoisotopic (exact) mass is 436 g/mol. The third kappa shape index (κ3) is 4.15. The molecular weight excluding hydrogens is 416 g/mol. The molecule has 0 saturated carbocycles. The van der Waals surface area contributed by atoms with Gasteiger partial charge < -0.3 is 0 Å². The highest BCUT2D eigenvalue weighted by Gasteiger charge is 2.22. The molecule has 0 fully saturated rings. The summed E-state index contributed by atoms with van der Waals surface area (Å²) in [4.78, 5) is 18.6. The number of nitrogens with one attached hydrogen (secondary N) is 1. The van der Waals surface area contributed by atoms with Crippen LogP contribution in [0, 0.1) is 20.8 Å². The first-order valence-corrected chi connectivity index (χ1v) is 10.7. The SMILES string of the molecule is Cc1ccc(-c2nc(NC(=O)c3c(C)nn(Cc4ccccc4)c3Cl)sc2C)cc1. The van der Waals surface area contributed by atoms with Crippen LogP contribution in [-0.4, -0.2) is 20.7 Å². The van der Waals surface area contributed by atoms with Crippen molar-refractivity contribution in [2.75, 3.05) is 5.32 Å². The molecule has 0 radical (unpaired) electrons. The number of carbonyl (C=O) groups excluding carboxylic acids is 1. The van der Waals surface area contributed by atoms with E-state index in [-0.39, 0.29) is 5.91 Å². The second-order valence-electron chi connectivity index (χ2n) is 7.14. The fraction of sp³-hybridized carbons (Fsp3) is 0.174. The minimum absolute atomic E-state index is 0.305. The molecule has 0 bridgehead atoms. The standard InChI is InChI=1S/C23H21ClN4OS/c1-14-9-11-18(12-10-14)20-16(3)30-23(25-20)26-22(29)19-15(2)27-28(21(19)24)13-17-7-5-4-6-8-17/h4-12H,13H2,1-3H3,(H,25,26,29). The van der Waals surface area contributed by atoms with E-state index in [1.807, 2.05) is 56.3 Å². The van der Waals surface area contributed by atoms with Crippen LogP contribution in [0.5, 0.6) is 0 Å². The molecule has 1 amide bonds. The highest BCUT2D eigenvalue weighted by Crippen LogP contribution is 2.31. The molecule has 0 unspecified atom stereocenters. The Morgan fingerprint density at radius 2 is 1.77 bits per heavy atom. The molecular formula is C23H21ClN4OS. The van der Waals surface area contributed by atoms with Gasteiger partial charge in [-0.15, -0.1) is 11.3 Å². The molecule has 0 aliphatic carbocycles. The van der Waals surface area contributed by atoms with E-state index in [1.165, 1.54) is 16.9 Å². The zero-order chi connectivity index (χ0) is 21.3. The maximum atomic E-state index is 12.9. The molecule has 2 aromatic heterocycles. The van der Waals surface area contributed by atoms with E-state index in [2.05, 4.69) is 27.5 Å². The topological polar surface area (TPSA) is 59.8 Å². The number of halogens is 1. The van der Waals surface area contributed by atoms with Gasteiger partial charge in [-0.25, -0.2) is 9.67 Å². The number of carbonyl (C=O) groups is 1. The highest BCUT2D eigenvalue weighted by atomic mass is 35.5. The van der Waals surface area contributed by atoms with Crippen molar-refractivity contribution in [3.63, 3.8) is 0 Å². The van der Waals surface area contributed by atoms with Crippen molar-refractivity contribution in [3.8, 4) is 11.3 Å². The number of aryl methyl sites for hydroxylation is 3. The van der Waals surface area contributed by atoms with Gasteiger partial charge in [-0.3, -0.25) is 10.1 Å². The van der Waals surface area contributed by atoms with Crippen LogP contribution in [0.15, 0.2) is 54.6 Å². The number of amides is 1. The van der Waals surface area contributed by atoms with Gasteiger partial charge >= 0.3 is 0 Å². The summed E-state index contributed by atoms with van der Waals surface area (Å²) in [5.41, 5.74) is 5.11. The van der Waals surface area contributed by atoms with Gasteiger partial charge in [0.05, 0.1) is 23.5 Å². The van der Waals surface area contributed by atoms with Crippen molar-refractivity contribution in [1.29, 1.82) is 0 Å². The maximum Gasteiger partial charge on any atom is 0.262 e. The average molecular weight is 437 g/mol. The predicted octanol–water partition coefficient (Wildman–Crippen LogP) is 5.89. The number of hydrogen-bond donors (Lipinski definition) is 1. The molecule has 0 atom stereocenters. The summed E-state index contributed by atoms with van der Waals surface area (Å²) in [6.45, 7) is 6.33. The molecule has 0 aliphatic heterocycles. The van der Waals surface area contributed by atoms with Crippen LogP contribution in [0.2, 0.25) is 5.15 Å². The molecule has 0 spiro atoms. The second kappa shape index (κ2) is 8.42. The molecule has 30 heavy (non-hydrogen) atoms. The number of nitrogens with zero attached hydrogens (tertiary/aromatic N) is 3. The minimum Gasteiger partial charge on any atom is -0.298 e. The molecule has 1 N–H and O–H groups in total. The summed E-state index contributed by atoms with van der Waals surface area (Å²) in [6, 6.07) is 18.1. The van der Waals surface area contributed by atoms with Gasteiger partial charge in [0, 0.05) is 10.4 Å². The van der Waals surface area contributed by atoms with E-state index in [4.69, 9.17) is 11.6 Å². The number of hydrogen-bond acceptors (Lipinski definition) is 4. The predicted molar refractivity (Wildman–Crippen MR) is 122 cm³/mol. The van der Waals surface area contributed by atoms with Gasteiger partial charge in [0.25, 0.3) is 5.91 Å². The summed E-state index contributed by atoms with van der Waals surface area (Å²) in [5, 5.41) is 8.21. The number of anilines is 1. The molecule has 152 valence electrons. The quantitative estimate of drug-likeness (QED) is 0.424. The summed E-state index contributed by atoms with van der Waals surface area (Å²) in [6.07, 6.45) is 0. The van der Waals surface area contributed by atoms with Gasteiger partial charge in [0.2, 0.25) is 0 Å². The van der Waals surface area contributed by atoms with E-state index in [0.717, 1.165) is 21.7 Å². The molecule has 4 aromatic rings. The smallest absolute Gasteiger partial charge is 0.262 e. The molecule has 5 nitrogen and oxygen atoms in total. The van der Waals surface area contributed by atoms with E-state index in [9.17, 15) is 4.79 Å². The number of rotatable bonds is 5. The van der Waals surface area contributed by atoms with Crippen LogP contribution >= 0.6 is 22.9 Å². The van der Waals surface area contributed by atoms with Gasteiger partial charge in [0.15, 0.2) is 5.13 Å². The van der Waals surface area contributed by atoms with Crippen molar-refractivity contribution in [3.05, 3.63) is 87.0 Å². The van der Waals surface area contributed by atoms with Crippen molar-refractivity contribution in [2.45, 2.75) is 27.3 Å². The fourth-order valence-corrected chi connectivity index (χ4v) is 4.41. The lowest BCUT2D eigenvalue weighted by molar-refractivity contribution is 0.102. The van der Waals surface area contributed by atoms with Crippen molar-refractivity contribution >= 4 is 34.0 Å². The van der Waals surface area contributed by atoms with Crippen LogP contribution in [0.25, 0.3) is 11.3 Å². The normalized spacial score (nSPS) is 10.9. The number of thiazole rings is 1. The lowest BCUT2D eigenvalue weighted by Crippen LogP contribution is -2.13. The van der Waals surface area contributed by atoms with E-state index in [1.54, 1.807) is 11.6 Å². The Morgan fingerprint density at radius 1 is 1.07 bits per heavy atom. The van der Waals surface area contributed by atoms with Gasteiger partial charge in [-0.05, 0) is 26.3 Å². The van der Waals surface area contributed by atoms with Crippen molar-refractivity contribution in [2.24, 2.45) is 0 Å². The van der Waals surface area contributed by atoms with Crippen LogP contribution < -0.4 is 5.32 Å². The Hall–Kier alpha value is -2.96.